The number of aromatic nitrogens is 5. The Balaban J connectivity index is 1.69. The number of ether oxygens (including phenoxy) is 1. The van der Waals surface area contributed by atoms with E-state index >= 15 is 0 Å². The molecular weight excluding hydrogens is 427 g/mol. The molecule has 8 nitrogen and oxygen atoms in total. The molecule has 0 spiro atoms. The number of fused-ring (bicyclic) bond motifs is 1. The lowest BCUT2D eigenvalue weighted by molar-refractivity contribution is -0.140. The summed E-state index contributed by atoms with van der Waals surface area (Å²) < 4.78 is 53.2. The van der Waals surface area contributed by atoms with E-state index in [4.69, 9.17) is 9.15 Å². The molecule has 1 fully saturated rings. The minimum absolute atomic E-state index is 0.0133. The summed E-state index contributed by atoms with van der Waals surface area (Å²) in [5.41, 5.74) is -1.60. The Hall–Kier alpha value is -3.47. The summed E-state index contributed by atoms with van der Waals surface area (Å²) in [6.07, 6.45) is -3.33. The van der Waals surface area contributed by atoms with Crippen LogP contribution in [-0.4, -0.2) is 38.0 Å². The maximum Gasteiger partial charge on any atom is 0.435 e. The van der Waals surface area contributed by atoms with Crippen molar-refractivity contribution < 1.29 is 22.3 Å². The summed E-state index contributed by atoms with van der Waals surface area (Å²) in [5, 5.41) is 11.7. The van der Waals surface area contributed by atoms with Crippen molar-refractivity contribution in [1.29, 1.82) is 0 Å². The van der Waals surface area contributed by atoms with Crippen molar-refractivity contribution in [2.75, 3.05) is 13.2 Å². The number of nitrogens with one attached hydrogen (secondary N) is 1. The van der Waals surface area contributed by atoms with Gasteiger partial charge in [-0.3, -0.25) is 4.79 Å². The number of aryl methyl sites for hydroxylation is 1. The van der Waals surface area contributed by atoms with Crippen LogP contribution in [0, 0.1) is 6.92 Å². The highest BCUT2D eigenvalue weighted by atomic mass is 19.4. The van der Waals surface area contributed by atoms with Gasteiger partial charge < -0.3 is 14.1 Å². The van der Waals surface area contributed by atoms with Crippen molar-refractivity contribution in [2.24, 2.45) is 0 Å². The second kappa shape index (κ2) is 7.59. The van der Waals surface area contributed by atoms with Gasteiger partial charge >= 0.3 is 6.18 Å². The van der Waals surface area contributed by atoms with Gasteiger partial charge in [-0.05, 0) is 25.3 Å². The summed E-state index contributed by atoms with van der Waals surface area (Å²) in [5.74, 6) is 0.334. The van der Waals surface area contributed by atoms with Crippen LogP contribution in [0.1, 0.15) is 36.0 Å². The highest BCUT2D eigenvalue weighted by Crippen LogP contribution is 2.38. The van der Waals surface area contributed by atoms with E-state index in [0.29, 0.717) is 42.2 Å². The molecule has 32 heavy (non-hydrogen) atoms. The first-order valence-corrected chi connectivity index (χ1v) is 10.0. The van der Waals surface area contributed by atoms with Gasteiger partial charge in [-0.1, -0.05) is 30.3 Å². The van der Waals surface area contributed by atoms with Crippen molar-refractivity contribution in [3.63, 3.8) is 0 Å². The second-order valence-electron chi connectivity index (χ2n) is 7.61. The molecule has 3 aromatic heterocycles. The minimum Gasteiger partial charge on any atom is -0.420 e. The van der Waals surface area contributed by atoms with Gasteiger partial charge in [0.1, 0.15) is 11.2 Å². The molecule has 5 rings (SSSR count). The van der Waals surface area contributed by atoms with E-state index in [9.17, 15) is 18.0 Å². The fourth-order valence-corrected chi connectivity index (χ4v) is 3.96. The molecule has 1 aliphatic rings. The Morgan fingerprint density at radius 2 is 1.81 bits per heavy atom. The van der Waals surface area contributed by atoms with Gasteiger partial charge in [0.15, 0.2) is 5.69 Å². The first-order valence-electron chi connectivity index (χ1n) is 10.0. The fraction of sp³-hybridized carbons (Fsp3) is 0.333. The molecule has 4 heterocycles. The van der Waals surface area contributed by atoms with E-state index in [0.717, 1.165) is 0 Å². The number of rotatable bonds is 3. The SMILES string of the molecule is Cc1[nH]c2c(-c3ccccc3)c(C(F)(F)F)nn2c(=O)c1-c1nnc(C2CCOCC2)o1. The van der Waals surface area contributed by atoms with Crippen LogP contribution in [0.15, 0.2) is 39.5 Å². The molecule has 0 unspecified atom stereocenters. The molecule has 0 aliphatic carbocycles. The molecule has 0 saturated carbocycles. The minimum atomic E-state index is -4.76. The van der Waals surface area contributed by atoms with Crippen LogP contribution in [-0.2, 0) is 10.9 Å². The van der Waals surface area contributed by atoms with Gasteiger partial charge in [-0.2, -0.15) is 22.8 Å². The van der Waals surface area contributed by atoms with Crippen LogP contribution in [0.5, 0.6) is 0 Å². The third-order valence-electron chi connectivity index (χ3n) is 5.53. The molecule has 1 aromatic carbocycles. The van der Waals surface area contributed by atoms with E-state index in [2.05, 4.69) is 20.3 Å². The van der Waals surface area contributed by atoms with Crippen molar-refractivity contribution in [3.05, 3.63) is 58.0 Å². The Morgan fingerprint density at radius 1 is 1.09 bits per heavy atom. The average molecular weight is 445 g/mol. The summed E-state index contributed by atoms with van der Waals surface area (Å²) in [6, 6.07) is 8.00. The number of halogens is 3. The molecule has 0 radical (unpaired) electrons. The Kier molecular flexibility index (Phi) is 4.85. The van der Waals surface area contributed by atoms with Crippen molar-refractivity contribution in [3.8, 4) is 22.6 Å². The standard InChI is InChI=1S/C21H18F3N5O3/c1-11-14(19-27-26-18(32-19)13-7-9-31-10-8-13)20(30)29-17(25-11)15(12-5-3-2-4-6-12)16(28-29)21(22,23)24/h2-6,13,25H,7-10H2,1H3. The predicted octanol–water partition coefficient (Wildman–Crippen LogP) is 3.96. The Morgan fingerprint density at radius 3 is 2.50 bits per heavy atom. The highest BCUT2D eigenvalue weighted by Gasteiger charge is 2.39. The average Bonchev–Trinajstić information content (AvgIpc) is 3.40. The quantitative estimate of drug-likeness (QED) is 0.513. The molecule has 4 aromatic rings. The largest absolute Gasteiger partial charge is 0.435 e. The molecule has 1 saturated heterocycles. The molecule has 11 heteroatoms. The van der Waals surface area contributed by atoms with E-state index in [1.165, 1.54) is 12.1 Å². The normalized spacial score (nSPS) is 15.5. The van der Waals surface area contributed by atoms with E-state index in [1.54, 1.807) is 25.1 Å². The molecule has 1 aliphatic heterocycles. The van der Waals surface area contributed by atoms with Crippen LogP contribution in [0.25, 0.3) is 28.2 Å². The number of H-pyrrole nitrogens is 1. The number of hydrogen-bond donors (Lipinski definition) is 1. The molecule has 166 valence electrons. The second-order valence-corrected chi connectivity index (χ2v) is 7.61. The number of aromatic amines is 1. The lowest BCUT2D eigenvalue weighted by Crippen LogP contribution is -2.20. The lowest BCUT2D eigenvalue weighted by atomic mass is 10.0. The predicted molar refractivity (Wildman–Crippen MR) is 107 cm³/mol. The zero-order valence-corrected chi connectivity index (χ0v) is 16.9. The zero-order valence-electron chi connectivity index (χ0n) is 16.9. The van der Waals surface area contributed by atoms with Crippen molar-refractivity contribution in [2.45, 2.75) is 31.9 Å². The Bertz CT molecular complexity index is 1330. The topological polar surface area (TPSA) is 98.3 Å². The maximum absolute atomic E-state index is 13.8. The number of hydrogen-bond acceptors (Lipinski definition) is 6. The monoisotopic (exact) mass is 445 g/mol. The zero-order chi connectivity index (χ0) is 22.5. The number of alkyl halides is 3. The van der Waals surface area contributed by atoms with Gasteiger partial charge in [0, 0.05) is 24.8 Å². The first-order chi connectivity index (χ1) is 15.3. The van der Waals surface area contributed by atoms with Gasteiger partial charge in [-0.25, -0.2) is 0 Å². The summed E-state index contributed by atoms with van der Waals surface area (Å²) in [7, 11) is 0. The van der Waals surface area contributed by atoms with E-state index < -0.39 is 17.4 Å². The van der Waals surface area contributed by atoms with Crippen LogP contribution in [0.4, 0.5) is 13.2 Å². The molecule has 0 amide bonds. The maximum atomic E-state index is 13.8. The number of nitrogens with zero attached hydrogens (tertiary/aromatic N) is 4. The van der Waals surface area contributed by atoms with Crippen molar-refractivity contribution in [1.82, 2.24) is 24.8 Å². The van der Waals surface area contributed by atoms with Gasteiger partial charge in [0.25, 0.3) is 11.4 Å². The van der Waals surface area contributed by atoms with Gasteiger partial charge in [0.2, 0.25) is 5.89 Å². The smallest absolute Gasteiger partial charge is 0.420 e. The molecular formula is C21H18F3N5O3. The van der Waals surface area contributed by atoms with Crippen LogP contribution >= 0.6 is 0 Å². The third-order valence-corrected chi connectivity index (χ3v) is 5.53. The van der Waals surface area contributed by atoms with Crippen LogP contribution in [0.3, 0.4) is 0 Å². The lowest BCUT2D eigenvalue weighted by Gasteiger charge is -2.18. The molecule has 0 bridgehead atoms. The Labute approximate surface area is 179 Å². The fourth-order valence-electron chi connectivity index (χ4n) is 3.96. The first kappa shape index (κ1) is 20.4. The third kappa shape index (κ3) is 3.38. The summed E-state index contributed by atoms with van der Waals surface area (Å²) in [6.45, 7) is 2.72. The van der Waals surface area contributed by atoms with Gasteiger partial charge in [-0.15, -0.1) is 10.2 Å². The van der Waals surface area contributed by atoms with E-state index in [-0.39, 0.29) is 34.1 Å². The summed E-state index contributed by atoms with van der Waals surface area (Å²) >= 11 is 0. The van der Waals surface area contributed by atoms with Crippen LogP contribution < -0.4 is 5.56 Å². The molecule has 0 atom stereocenters. The van der Waals surface area contributed by atoms with Crippen molar-refractivity contribution >= 4 is 5.65 Å². The highest BCUT2D eigenvalue weighted by molar-refractivity contribution is 5.81. The van der Waals surface area contributed by atoms with E-state index in [1.807, 2.05) is 0 Å². The summed E-state index contributed by atoms with van der Waals surface area (Å²) in [4.78, 5) is 16.1. The van der Waals surface area contributed by atoms with Crippen LogP contribution in [0.2, 0.25) is 0 Å². The van der Waals surface area contributed by atoms with Gasteiger partial charge in [0.05, 0.1) is 5.56 Å². The number of benzene rings is 1. The molecule has 1 N–H and O–H groups in total.